The minimum atomic E-state index is -5.19. The fourth-order valence-electron chi connectivity index (χ4n) is 2.06. The van der Waals surface area contributed by atoms with Gasteiger partial charge in [0.05, 0.1) is 16.2 Å². The number of nitrogens with zero attached hydrogens (tertiary/aromatic N) is 2. The summed E-state index contributed by atoms with van der Waals surface area (Å²) in [7, 11) is -4.67. The summed E-state index contributed by atoms with van der Waals surface area (Å²) in [5.74, 6) is -1.12. The van der Waals surface area contributed by atoms with E-state index in [1.165, 1.54) is 0 Å². The number of alkyl halides is 6. The molecule has 2 rings (SSSR count). The topological polar surface area (TPSA) is 157 Å². The van der Waals surface area contributed by atoms with Gasteiger partial charge in [0.25, 0.3) is 0 Å². The van der Waals surface area contributed by atoms with E-state index in [9.17, 15) is 36.5 Å². The normalized spacial score (nSPS) is 12.1. The summed E-state index contributed by atoms with van der Waals surface area (Å²) in [6, 6.07) is 3.94. The van der Waals surface area contributed by atoms with Crippen molar-refractivity contribution in [3.8, 4) is 11.3 Å². The highest BCUT2D eigenvalue weighted by atomic mass is 32.3. The number of pyridine rings is 1. The van der Waals surface area contributed by atoms with Crippen molar-refractivity contribution in [2.75, 3.05) is 5.73 Å². The van der Waals surface area contributed by atoms with Gasteiger partial charge in [-0.1, -0.05) is 18.2 Å². The van der Waals surface area contributed by atoms with E-state index in [4.69, 9.17) is 23.3 Å². The summed E-state index contributed by atoms with van der Waals surface area (Å²) in [5.41, 5.74) is -0.765. The predicted molar refractivity (Wildman–Crippen MR) is 84.9 cm³/mol. The first-order chi connectivity index (χ1) is 12.9. The standard InChI is InChI=1S/C13H7F6N3O2.H2O4S/c14-12(15,16)7-4-2-1-3-6(7)9-5-8(13(17,18)19)10(22(23)24)11(20)21-9;1-5(2,3)4/h1-5H,(H2,20,21);(H2,1,2,3,4). The fraction of sp³-hybridized carbons (Fsp3) is 0.154. The van der Waals surface area contributed by atoms with Crippen molar-refractivity contribution in [3.63, 3.8) is 0 Å². The summed E-state index contributed by atoms with van der Waals surface area (Å²) in [6.07, 6.45) is -10.0. The maximum absolute atomic E-state index is 13.0. The smallest absolute Gasteiger partial charge is 0.378 e. The van der Waals surface area contributed by atoms with Gasteiger partial charge in [0.2, 0.25) is 5.82 Å². The lowest BCUT2D eigenvalue weighted by Gasteiger charge is -2.14. The highest BCUT2D eigenvalue weighted by molar-refractivity contribution is 7.79. The van der Waals surface area contributed by atoms with Gasteiger partial charge in [0.15, 0.2) is 0 Å². The molecule has 29 heavy (non-hydrogen) atoms. The molecule has 0 aliphatic carbocycles. The van der Waals surface area contributed by atoms with Crippen LogP contribution in [0.5, 0.6) is 0 Å². The van der Waals surface area contributed by atoms with Gasteiger partial charge in [0.1, 0.15) is 5.56 Å². The zero-order chi connectivity index (χ0) is 22.8. The molecule has 0 fully saturated rings. The number of rotatable bonds is 2. The molecule has 0 radical (unpaired) electrons. The summed E-state index contributed by atoms with van der Waals surface area (Å²) >= 11 is 0. The van der Waals surface area contributed by atoms with Crippen molar-refractivity contribution in [1.82, 2.24) is 4.98 Å². The Bertz CT molecular complexity index is 1010. The molecule has 0 aliphatic heterocycles. The molecule has 0 saturated carbocycles. The van der Waals surface area contributed by atoms with Gasteiger partial charge in [-0.25, -0.2) is 4.98 Å². The molecule has 0 saturated heterocycles. The zero-order valence-corrected chi connectivity index (χ0v) is 14.4. The van der Waals surface area contributed by atoms with Crippen molar-refractivity contribution < 1.29 is 48.8 Å². The van der Waals surface area contributed by atoms with Crippen LogP contribution in [0.2, 0.25) is 0 Å². The van der Waals surface area contributed by atoms with Crippen LogP contribution >= 0.6 is 0 Å². The number of benzene rings is 1. The third kappa shape index (κ3) is 6.84. The maximum Gasteiger partial charge on any atom is 0.423 e. The Balaban J connectivity index is 0.000000749. The van der Waals surface area contributed by atoms with Gasteiger partial charge in [-0.2, -0.15) is 34.8 Å². The van der Waals surface area contributed by atoms with Crippen LogP contribution in [0.15, 0.2) is 30.3 Å². The predicted octanol–water partition coefficient (Wildman–Crippen LogP) is 3.62. The highest BCUT2D eigenvalue weighted by Crippen LogP contribution is 2.42. The van der Waals surface area contributed by atoms with Crippen molar-refractivity contribution in [1.29, 1.82) is 0 Å². The van der Waals surface area contributed by atoms with Crippen molar-refractivity contribution in [3.05, 3.63) is 51.6 Å². The first-order valence-electron chi connectivity index (χ1n) is 6.81. The Labute approximate surface area is 157 Å². The second-order valence-corrected chi connectivity index (χ2v) is 5.93. The quantitative estimate of drug-likeness (QED) is 0.272. The van der Waals surface area contributed by atoms with Gasteiger partial charge in [-0.05, 0) is 12.1 Å². The van der Waals surface area contributed by atoms with E-state index in [0.717, 1.165) is 18.2 Å². The third-order valence-corrected chi connectivity index (χ3v) is 3.02. The molecule has 0 atom stereocenters. The van der Waals surface area contributed by atoms with Crippen LogP contribution in [0.1, 0.15) is 11.1 Å². The number of nitro groups is 1. The summed E-state index contributed by atoms with van der Waals surface area (Å²) in [5, 5.41) is 10.8. The molecule has 160 valence electrons. The number of hydrogen-bond acceptors (Lipinski definition) is 6. The SMILES string of the molecule is Nc1nc(-c2ccccc2C(F)(F)F)cc(C(F)(F)F)c1[N+](=O)[O-].O=S(=O)(O)O. The number of nitrogen functional groups attached to an aromatic ring is 1. The van der Waals surface area contributed by atoms with Gasteiger partial charge in [0, 0.05) is 5.56 Å². The molecule has 0 aliphatic rings. The highest BCUT2D eigenvalue weighted by Gasteiger charge is 2.42. The van der Waals surface area contributed by atoms with Crippen molar-refractivity contribution in [2.45, 2.75) is 12.4 Å². The molecule has 0 spiro atoms. The second-order valence-electron chi connectivity index (χ2n) is 5.03. The molecule has 0 amide bonds. The van der Waals surface area contributed by atoms with Gasteiger partial charge in [-0.3, -0.25) is 19.2 Å². The van der Waals surface area contributed by atoms with E-state index >= 15 is 0 Å². The van der Waals surface area contributed by atoms with Crippen LogP contribution in [0, 0.1) is 10.1 Å². The van der Waals surface area contributed by atoms with E-state index in [1.807, 2.05) is 0 Å². The van der Waals surface area contributed by atoms with Crippen LogP contribution in [-0.4, -0.2) is 27.4 Å². The molecule has 4 N–H and O–H groups in total. The maximum atomic E-state index is 13.0. The van der Waals surface area contributed by atoms with Gasteiger partial charge < -0.3 is 5.73 Å². The molecular formula is C13H9F6N3O6S. The van der Waals surface area contributed by atoms with Crippen LogP contribution in [0.25, 0.3) is 11.3 Å². The van der Waals surface area contributed by atoms with Crippen LogP contribution < -0.4 is 5.73 Å². The van der Waals surface area contributed by atoms with Crippen molar-refractivity contribution in [2.24, 2.45) is 0 Å². The number of hydrogen-bond donors (Lipinski definition) is 3. The average Bonchev–Trinajstić information content (AvgIpc) is 2.50. The minimum absolute atomic E-state index is 0.180. The molecule has 0 unspecified atom stereocenters. The average molecular weight is 449 g/mol. The van der Waals surface area contributed by atoms with E-state index in [1.54, 1.807) is 0 Å². The van der Waals surface area contributed by atoms with E-state index in [-0.39, 0.29) is 6.07 Å². The van der Waals surface area contributed by atoms with Crippen LogP contribution in [0.3, 0.4) is 0 Å². The Morgan fingerprint density at radius 2 is 1.45 bits per heavy atom. The number of nitrogens with two attached hydrogens (primary N) is 1. The van der Waals surface area contributed by atoms with E-state index in [0.29, 0.717) is 6.07 Å². The summed E-state index contributed by atoms with van der Waals surface area (Å²) in [4.78, 5) is 12.7. The summed E-state index contributed by atoms with van der Waals surface area (Å²) < 4.78 is 110. The van der Waals surface area contributed by atoms with E-state index in [2.05, 4.69) is 4.98 Å². The van der Waals surface area contributed by atoms with Gasteiger partial charge in [-0.15, -0.1) is 0 Å². The number of halogens is 6. The van der Waals surface area contributed by atoms with Crippen LogP contribution in [0.4, 0.5) is 37.8 Å². The zero-order valence-electron chi connectivity index (χ0n) is 13.6. The lowest BCUT2D eigenvalue weighted by Crippen LogP contribution is -2.13. The first-order valence-corrected chi connectivity index (χ1v) is 8.21. The lowest BCUT2D eigenvalue weighted by molar-refractivity contribution is -0.387. The Kier molecular flexibility index (Phi) is 6.78. The molecule has 1 aromatic carbocycles. The van der Waals surface area contributed by atoms with Crippen molar-refractivity contribution >= 4 is 21.9 Å². The number of aromatic nitrogens is 1. The molecular weight excluding hydrogens is 440 g/mol. The first kappa shape index (κ1) is 24.1. The Hall–Kier alpha value is -2.98. The summed E-state index contributed by atoms with van der Waals surface area (Å²) in [6.45, 7) is 0. The lowest BCUT2D eigenvalue weighted by atomic mass is 10.0. The van der Waals surface area contributed by atoms with E-state index < -0.39 is 61.6 Å². The molecule has 0 bridgehead atoms. The molecule has 1 heterocycles. The second kappa shape index (κ2) is 8.18. The van der Waals surface area contributed by atoms with Crippen LogP contribution in [-0.2, 0) is 22.8 Å². The molecule has 2 aromatic rings. The Morgan fingerprint density at radius 1 is 1.00 bits per heavy atom. The largest absolute Gasteiger partial charge is 0.423 e. The molecule has 1 aromatic heterocycles. The number of anilines is 1. The van der Waals surface area contributed by atoms with Gasteiger partial charge >= 0.3 is 28.4 Å². The monoisotopic (exact) mass is 449 g/mol. The molecule has 16 heteroatoms. The minimum Gasteiger partial charge on any atom is -0.378 e. The third-order valence-electron chi connectivity index (χ3n) is 3.02. The molecule has 9 nitrogen and oxygen atoms in total. The Morgan fingerprint density at radius 3 is 1.86 bits per heavy atom. The fourth-order valence-corrected chi connectivity index (χ4v) is 2.06.